The number of hydrogen-bond acceptors (Lipinski definition) is 6. The second-order valence-corrected chi connectivity index (χ2v) is 7.98. The maximum Gasteiger partial charge on any atom is 0.253 e. The first-order valence-electron chi connectivity index (χ1n) is 7.92. The number of rotatable bonds is 5. The Morgan fingerprint density at radius 2 is 2.27 bits per heavy atom. The summed E-state index contributed by atoms with van der Waals surface area (Å²) in [5, 5.41) is 9.46. The van der Waals surface area contributed by atoms with E-state index in [1.165, 1.54) is 16.8 Å². The third-order valence-electron chi connectivity index (χ3n) is 3.89. The first kappa shape index (κ1) is 17.3. The number of thioether (sulfide) groups is 1. The van der Waals surface area contributed by atoms with Gasteiger partial charge in [0.15, 0.2) is 0 Å². The Kier molecular flexibility index (Phi) is 5.10. The predicted molar refractivity (Wildman–Crippen MR) is 104 cm³/mol. The summed E-state index contributed by atoms with van der Waals surface area (Å²) >= 11 is 8.83. The van der Waals surface area contributed by atoms with Crippen LogP contribution in [0.15, 0.2) is 68.8 Å². The van der Waals surface area contributed by atoms with E-state index in [4.69, 9.17) is 16.0 Å². The van der Waals surface area contributed by atoms with Gasteiger partial charge in [-0.2, -0.15) is 5.10 Å². The molecule has 0 N–H and O–H groups in total. The summed E-state index contributed by atoms with van der Waals surface area (Å²) < 4.78 is 5.54. The zero-order chi connectivity index (χ0) is 17.9. The lowest BCUT2D eigenvalue weighted by Crippen LogP contribution is -2.28. The molecule has 1 aliphatic rings. The SMILES string of the molecule is O=C(CSc1ccc(Cl)cn1)N1N=C(c2cccs2)CC1c1ccco1. The van der Waals surface area contributed by atoms with Crippen LogP contribution in [-0.4, -0.2) is 27.4 Å². The van der Waals surface area contributed by atoms with Gasteiger partial charge in [0.1, 0.15) is 11.8 Å². The molecule has 0 spiro atoms. The monoisotopic (exact) mass is 403 g/mol. The van der Waals surface area contributed by atoms with E-state index in [0.29, 0.717) is 11.4 Å². The Bertz CT molecular complexity index is 909. The van der Waals surface area contributed by atoms with Crippen LogP contribution in [0.3, 0.4) is 0 Å². The standard InChI is InChI=1S/C18H14ClN3O2S2/c19-12-5-6-17(20-10-12)26-11-18(23)22-14(15-3-1-7-24-15)9-13(21-22)16-4-2-8-25-16/h1-8,10,14H,9,11H2. The van der Waals surface area contributed by atoms with E-state index < -0.39 is 0 Å². The van der Waals surface area contributed by atoms with Gasteiger partial charge in [-0.3, -0.25) is 4.79 Å². The van der Waals surface area contributed by atoms with Crippen LogP contribution in [-0.2, 0) is 4.79 Å². The van der Waals surface area contributed by atoms with Crippen molar-refractivity contribution in [2.45, 2.75) is 17.5 Å². The number of amides is 1. The number of halogens is 1. The van der Waals surface area contributed by atoms with Gasteiger partial charge < -0.3 is 4.42 Å². The summed E-state index contributed by atoms with van der Waals surface area (Å²) in [6, 6.07) is 11.1. The molecule has 0 radical (unpaired) electrons. The van der Waals surface area contributed by atoms with E-state index >= 15 is 0 Å². The second-order valence-electron chi connectivity index (χ2n) is 5.60. The average molecular weight is 404 g/mol. The molecule has 3 aromatic heterocycles. The molecule has 26 heavy (non-hydrogen) atoms. The maximum absolute atomic E-state index is 12.8. The number of carbonyl (C=O) groups excluding carboxylic acids is 1. The first-order valence-corrected chi connectivity index (χ1v) is 10.2. The van der Waals surface area contributed by atoms with Crippen molar-refractivity contribution in [1.29, 1.82) is 0 Å². The summed E-state index contributed by atoms with van der Waals surface area (Å²) in [5.41, 5.74) is 0.907. The van der Waals surface area contributed by atoms with E-state index in [2.05, 4.69) is 10.1 Å². The molecular formula is C18H14ClN3O2S2. The number of thiophene rings is 1. The van der Waals surface area contributed by atoms with Crippen molar-refractivity contribution >= 4 is 46.3 Å². The highest BCUT2D eigenvalue weighted by atomic mass is 35.5. The predicted octanol–water partition coefficient (Wildman–Crippen LogP) is 4.86. The Morgan fingerprint density at radius 1 is 1.35 bits per heavy atom. The topological polar surface area (TPSA) is 58.7 Å². The van der Waals surface area contributed by atoms with Crippen LogP contribution in [0.2, 0.25) is 5.02 Å². The smallest absolute Gasteiger partial charge is 0.253 e. The van der Waals surface area contributed by atoms with Gasteiger partial charge in [-0.25, -0.2) is 9.99 Å². The van der Waals surface area contributed by atoms with Gasteiger partial charge in [0.25, 0.3) is 5.91 Å². The molecule has 0 bridgehead atoms. The molecule has 4 heterocycles. The Labute approximate surface area is 163 Å². The highest BCUT2D eigenvalue weighted by Crippen LogP contribution is 2.34. The molecule has 1 atom stereocenters. The number of nitrogens with zero attached hydrogens (tertiary/aromatic N) is 3. The van der Waals surface area contributed by atoms with Crippen LogP contribution < -0.4 is 0 Å². The number of furan rings is 1. The minimum Gasteiger partial charge on any atom is -0.467 e. The van der Waals surface area contributed by atoms with E-state index in [0.717, 1.165) is 21.4 Å². The van der Waals surface area contributed by atoms with Crippen LogP contribution in [0.5, 0.6) is 0 Å². The average Bonchev–Trinajstić information content (AvgIpc) is 3.41. The molecule has 4 rings (SSSR count). The molecule has 5 nitrogen and oxygen atoms in total. The van der Waals surface area contributed by atoms with Crippen molar-refractivity contribution in [2.75, 3.05) is 5.75 Å². The molecule has 0 fully saturated rings. The van der Waals surface area contributed by atoms with Gasteiger partial charge in [0, 0.05) is 12.6 Å². The summed E-state index contributed by atoms with van der Waals surface area (Å²) in [6.45, 7) is 0. The lowest BCUT2D eigenvalue weighted by Gasteiger charge is -2.19. The largest absolute Gasteiger partial charge is 0.467 e. The number of hydrazone groups is 1. The molecule has 8 heteroatoms. The van der Waals surface area contributed by atoms with Gasteiger partial charge in [-0.15, -0.1) is 11.3 Å². The zero-order valence-corrected chi connectivity index (χ0v) is 15.9. The maximum atomic E-state index is 12.8. The molecule has 1 amide bonds. The van der Waals surface area contributed by atoms with Crippen LogP contribution in [0.25, 0.3) is 0 Å². The van der Waals surface area contributed by atoms with E-state index in [9.17, 15) is 4.79 Å². The second kappa shape index (κ2) is 7.65. The van der Waals surface area contributed by atoms with Crippen LogP contribution >= 0.6 is 34.7 Å². The van der Waals surface area contributed by atoms with E-state index in [1.807, 2.05) is 29.6 Å². The van der Waals surface area contributed by atoms with Crippen LogP contribution in [0, 0.1) is 0 Å². The van der Waals surface area contributed by atoms with Crippen molar-refractivity contribution in [3.63, 3.8) is 0 Å². The molecule has 1 aliphatic heterocycles. The fourth-order valence-corrected chi connectivity index (χ4v) is 4.21. The van der Waals surface area contributed by atoms with Gasteiger partial charge >= 0.3 is 0 Å². The third kappa shape index (κ3) is 3.70. The van der Waals surface area contributed by atoms with Gasteiger partial charge in [0.05, 0.1) is 32.7 Å². The highest BCUT2D eigenvalue weighted by molar-refractivity contribution is 7.99. The van der Waals surface area contributed by atoms with Gasteiger partial charge in [-0.05, 0) is 35.7 Å². The Hall–Kier alpha value is -2.09. The molecule has 0 aliphatic carbocycles. The molecule has 0 aromatic carbocycles. The molecule has 3 aromatic rings. The quantitative estimate of drug-likeness (QED) is 0.571. The minimum absolute atomic E-state index is 0.0836. The Balaban J connectivity index is 1.52. The van der Waals surface area contributed by atoms with Crippen molar-refractivity contribution in [3.05, 3.63) is 69.9 Å². The minimum atomic E-state index is -0.214. The fraction of sp³-hybridized carbons (Fsp3) is 0.167. The molecule has 0 saturated carbocycles. The summed E-state index contributed by atoms with van der Waals surface area (Å²) in [7, 11) is 0. The molecular weight excluding hydrogens is 390 g/mol. The van der Waals surface area contributed by atoms with Gasteiger partial charge in [-0.1, -0.05) is 29.4 Å². The normalized spacial score (nSPS) is 16.7. The molecule has 1 unspecified atom stereocenters. The fourth-order valence-electron chi connectivity index (χ4n) is 2.68. The van der Waals surface area contributed by atoms with Crippen molar-refractivity contribution in [1.82, 2.24) is 9.99 Å². The summed E-state index contributed by atoms with van der Waals surface area (Å²) in [6.07, 6.45) is 3.83. The Morgan fingerprint density at radius 3 is 2.96 bits per heavy atom. The molecule has 132 valence electrons. The number of carbonyl (C=O) groups is 1. The van der Waals surface area contributed by atoms with Crippen molar-refractivity contribution < 1.29 is 9.21 Å². The van der Waals surface area contributed by atoms with E-state index in [-0.39, 0.29) is 17.7 Å². The van der Waals surface area contributed by atoms with Crippen LogP contribution in [0.1, 0.15) is 23.1 Å². The third-order valence-corrected chi connectivity index (χ3v) is 5.96. The van der Waals surface area contributed by atoms with Gasteiger partial charge in [0.2, 0.25) is 0 Å². The lowest BCUT2D eigenvalue weighted by atomic mass is 10.1. The summed E-state index contributed by atoms with van der Waals surface area (Å²) in [5.74, 6) is 0.899. The molecule has 0 saturated heterocycles. The zero-order valence-electron chi connectivity index (χ0n) is 13.5. The highest BCUT2D eigenvalue weighted by Gasteiger charge is 2.35. The van der Waals surface area contributed by atoms with E-state index in [1.54, 1.807) is 35.9 Å². The first-order chi connectivity index (χ1) is 12.7. The van der Waals surface area contributed by atoms with Crippen LogP contribution in [0.4, 0.5) is 0 Å². The van der Waals surface area contributed by atoms with Crippen molar-refractivity contribution in [3.8, 4) is 0 Å². The number of aromatic nitrogens is 1. The summed E-state index contributed by atoms with van der Waals surface area (Å²) in [4.78, 5) is 18.1. The lowest BCUT2D eigenvalue weighted by molar-refractivity contribution is -0.130. The number of hydrogen-bond donors (Lipinski definition) is 0. The number of pyridine rings is 1. The van der Waals surface area contributed by atoms with Crippen molar-refractivity contribution in [2.24, 2.45) is 5.10 Å².